The lowest BCUT2D eigenvalue weighted by molar-refractivity contribution is -0.137. The first-order chi connectivity index (χ1) is 14.9. The number of nitrogens with two attached hydrogens (primary N) is 1. The molecular formula is C26H24N2O3. The maximum atomic E-state index is 13.0. The van der Waals surface area contributed by atoms with Gasteiger partial charge in [0.1, 0.15) is 6.04 Å². The molecule has 0 radical (unpaired) electrons. The van der Waals surface area contributed by atoms with Gasteiger partial charge in [-0.05, 0) is 29.7 Å². The molecule has 0 bridgehead atoms. The third-order valence-electron chi connectivity index (χ3n) is 4.89. The average molecular weight is 412 g/mol. The maximum absolute atomic E-state index is 13.0. The minimum absolute atomic E-state index is 0.176. The number of hydrogen-bond acceptors (Lipinski definition) is 3. The molecule has 1 unspecified atom stereocenters. The fourth-order valence-corrected chi connectivity index (χ4v) is 3.18. The summed E-state index contributed by atoms with van der Waals surface area (Å²) in [6.45, 7) is 2.02. The van der Waals surface area contributed by atoms with Crippen LogP contribution >= 0.6 is 0 Å². The van der Waals surface area contributed by atoms with Gasteiger partial charge in [-0.25, -0.2) is 0 Å². The van der Waals surface area contributed by atoms with Crippen molar-refractivity contribution in [3.8, 4) is 0 Å². The molecule has 0 heterocycles. The van der Waals surface area contributed by atoms with Gasteiger partial charge in [0, 0.05) is 12.0 Å². The molecule has 3 aromatic carbocycles. The first kappa shape index (κ1) is 21.7. The largest absolute Gasteiger partial charge is 0.363 e. The lowest BCUT2D eigenvalue weighted by Crippen LogP contribution is -2.47. The smallest absolute Gasteiger partial charge is 0.287 e. The summed E-state index contributed by atoms with van der Waals surface area (Å²) in [6.07, 6.45) is 3.94. The third-order valence-corrected chi connectivity index (χ3v) is 4.89. The lowest BCUT2D eigenvalue weighted by atomic mass is 10.00. The number of primary amides is 1. The predicted octanol–water partition coefficient (Wildman–Crippen LogP) is 3.56. The molecular weight excluding hydrogens is 388 g/mol. The Hall–Kier alpha value is -3.99. The molecule has 0 aliphatic carbocycles. The first-order valence-electron chi connectivity index (χ1n) is 9.96. The summed E-state index contributed by atoms with van der Waals surface area (Å²) in [4.78, 5) is 36.8. The maximum Gasteiger partial charge on any atom is 0.287 e. The number of Topliss-reactive ketones (excluding diaryl/α,β-unsaturated/α-hetero) is 1. The molecule has 1 atom stereocenters. The van der Waals surface area contributed by atoms with E-state index in [4.69, 9.17) is 5.73 Å². The molecule has 31 heavy (non-hydrogen) atoms. The third kappa shape index (κ3) is 6.00. The zero-order chi connectivity index (χ0) is 22.2. The van der Waals surface area contributed by atoms with Crippen molar-refractivity contribution in [2.24, 2.45) is 5.73 Å². The van der Waals surface area contributed by atoms with Gasteiger partial charge in [-0.2, -0.15) is 0 Å². The van der Waals surface area contributed by atoms with Crippen LogP contribution in [0.15, 0.2) is 78.9 Å². The van der Waals surface area contributed by atoms with Crippen molar-refractivity contribution in [1.82, 2.24) is 5.32 Å². The van der Waals surface area contributed by atoms with Crippen LogP contribution in [0.2, 0.25) is 0 Å². The molecule has 0 saturated carbocycles. The molecule has 5 heteroatoms. The van der Waals surface area contributed by atoms with E-state index in [9.17, 15) is 14.4 Å². The molecule has 3 aromatic rings. The van der Waals surface area contributed by atoms with Gasteiger partial charge >= 0.3 is 0 Å². The van der Waals surface area contributed by atoms with E-state index < -0.39 is 23.6 Å². The van der Waals surface area contributed by atoms with Crippen LogP contribution in [-0.4, -0.2) is 23.6 Å². The summed E-state index contributed by atoms with van der Waals surface area (Å²) < 4.78 is 0. The Bertz CT molecular complexity index is 1100. The van der Waals surface area contributed by atoms with Crippen molar-refractivity contribution in [1.29, 1.82) is 0 Å². The van der Waals surface area contributed by atoms with Gasteiger partial charge in [0.15, 0.2) is 0 Å². The number of carbonyl (C=O) groups is 3. The number of hydrogen-bond donors (Lipinski definition) is 2. The molecule has 2 amide bonds. The van der Waals surface area contributed by atoms with Crippen LogP contribution in [0, 0.1) is 6.92 Å². The molecule has 5 nitrogen and oxygen atoms in total. The van der Waals surface area contributed by atoms with Crippen LogP contribution < -0.4 is 11.1 Å². The van der Waals surface area contributed by atoms with Crippen LogP contribution in [-0.2, 0) is 16.0 Å². The number of aryl methyl sites for hydroxylation is 1. The normalized spacial score (nSPS) is 11.8. The van der Waals surface area contributed by atoms with Crippen molar-refractivity contribution in [2.75, 3.05) is 0 Å². The molecule has 0 saturated heterocycles. The van der Waals surface area contributed by atoms with Crippen molar-refractivity contribution in [3.63, 3.8) is 0 Å². The fraction of sp³-hybridized carbons (Fsp3) is 0.115. The molecule has 3 N–H and O–H groups in total. The summed E-state index contributed by atoms with van der Waals surface area (Å²) >= 11 is 0. The molecule has 0 aliphatic heterocycles. The highest BCUT2D eigenvalue weighted by Crippen LogP contribution is 2.15. The highest BCUT2D eigenvalue weighted by molar-refractivity contribution is 6.38. The predicted molar refractivity (Wildman–Crippen MR) is 122 cm³/mol. The van der Waals surface area contributed by atoms with Gasteiger partial charge < -0.3 is 11.1 Å². The van der Waals surface area contributed by atoms with Crippen molar-refractivity contribution in [2.45, 2.75) is 19.4 Å². The van der Waals surface area contributed by atoms with Gasteiger partial charge in [-0.15, -0.1) is 0 Å². The average Bonchev–Trinajstić information content (AvgIpc) is 2.78. The van der Waals surface area contributed by atoms with E-state index in [0.717, 1.165) is 11.1 Å². The molecule has 0 aliphatic rings. The molecule has 0 spiro atoms. The highest BCUT2D eigenvalue weighted by Gasteiger charge is 2.26. The first-order valence-corrected chi connectivity index (χ1v) is 9.96. The van der Waals surface area contributed by atoms with E-state index in [-0.39, 0.29) is 6.42 Å². The Morgan fingerprint density at radius 3 is 2.19 bits per heavy atom. The minimum atomic E-state index is -1.08. The Morgan fingerprint density at radius 1 is 0.871 bits per heavy atom. The number of nitrogens with one attached hydrogen (secondary N) is 1. The van der Waals surface area contributed by atoms with E-state index >= 15 is 0 Å². The number of amides is 2. The van der Waals surface area contributed by atoms with Gasteiger partial charge in [0.2, 0.25) is 5.78 Å². The van der Waals surface area contributed by atoms with Gasteiger partial charge in [-0.1, -0.05) is 90.5 Å². The topological polar surface area (TPSA) is 89.3 Å². The monoisotopic (exact) mass is 412 g/mol. The van der Waals surface area contributed by atoms with Gasteiger partial charge in [0.25, 0.3) is 11.8 Å². The van der Waals surface area contributed by atoms with Crippen LogP contribution in [0.1, 0.15) is 32.6 Å². The molecule has 0 aromatic heterocycles. The van der Waals surface area contributed by atoms with Gasteiger partial charge in [0.05, 0.1) is 0 Å². The van der Waals surface area contributed by atoms with E-state index in [1.54, 1.807) is 12.1 Å². The van der Waals surface area contributed by atoms with Crippen LogP contribution in [0.5, 0.6) is 0 Å². The van der Waals surface area contributed by atoms with Crippen LogP contribution in [0.4, 0.5) is 0 Å². The Morgan fingerprint density at radius 2 is 1.52 bits per heavy atom. The van der Waals surface area contributed by atoms with Gasteiger partial charge in [-0.3, -0.25) is 14.4 Å². The summed E-state index contributed by atoms with van der Waals surface area (Å²) in [7, 11) is 0. The summed E-state index contributed by atoms with van der Waals surface area (Å²) in [5.41, 5.74) is 9.30. The zero-order valence-corrected chi connectivity index (χ0v) is 17.2. The quantitative estimate of drug-likeness (QED) is 0.438. The number of carbonyl (C=O) groups excluding carboxylic acids is 3. The highest BCUT2D eigenvalue weighted by atomic mass is 16.2. The minimum Gasteiger partial charge on any atom is -0.363 e. The SMILES string of the molecule is Cc1ccc(C=Cc2ccccc2C(=O)NC(Cc2ccccc2)C(=O)C(N)=O)cc1. The van der Waals surface area contributed by atoms with Crippen molar-refractivity contribution in [3.05, 3.63) is 107 Å². The van der Waals surface area contributed by atoms with Crippen molar-refractivity contribution < 1.29 is 14.4 Å². The van der Waals surface area contributed by atoms with E-state index in [0.29, 0.717) is 11.1 Å². The van der Waals surface area contributed by atoms with E-state index in [1.165, 1.54) is 5.56 Å². The number of ketones is 1. The summed E-state index contributed by atoms with van der Waals surface area (Å²) in [5.74, 6) is -2.35. The Labute approximate surface area is 181 Å². The molecule has 156 valence electrons. The summed E-state index contributed by atoms with van der Waals surface area (Å²) in [5, 5.41) is 2.69. The zero-order valence-electron chi connectivity index (χ0n) is 17.2. The Kier molecular flexibility index (Phi) is 7.12. The van der Waals surface area contributed by atoms with Crippen molar-refractivity contribution >= 4 is 29.7 Å². The van der Waals surface area contributed by atoms with E-state index in [2.05, 4.69) is 5.32 Å². The Balaban J connectivity index is 1.82. The van der Waals surface area contributed by atoms with Crippen LogP contribution in [0.25, 0.3) is 12.2 Å². The second kappa shape index (κ2) is 10.2. The fourth-order valence-electron chi connectivity index (χ4n) is 3.18. The molecule has 0 fully saturated rings. The second-order valence-electron chi connectivity index (χ2n) is 7.28. The molecule has 3 rings (SSSR count). The lowest BCUT2D eigenvalue weighted by Gasteiger charge is -2.17. The summed E-state index contributed by atoms with van der Waals surface area (Å²) in [6, 6.07) is 23.2. The second-order valence-corrected chi connectivity index (χ2v) is 7.28. The number of rotatable bonds is 8. The van der Waals surface area contributed by atoms with Crippen LogP contribution in [0.3, 0.4) is 0 Å². The number of benzene rings is 3. The van der Waals surface area contributed by atoms with E-state index in [1.807, 2.05) is 85.8 Å². The standard InChI is InChI=1S/C26H24N2O3/c1-18-11-13-19(14-12-18)15-16-21-9-5-6-10-22(21)26(31)28-23(24(29)25(27)30)17-20-7-3-2-4-8-20/h2-16,23H,17H2,1H3,(H2,27,30)(H,28,31).